The van der Waals surface area contributed by atoms with E-state index < -0.39 is 12.2 Å². The maximum Gasteiger partial charge on any atom is 0.0839 e. The van der Waals surface area contributed by atoms with Gasteiger partial charge in [0.05, 0.1) is 12.2 Å². The van der Waals surface area contributed by atoms with Gasteiger partial charge in [-0.2, -0.15) is 0 Å². The van der Waals surface area contributed by atoms with Gasteiger partial charge in [-0.15, -0.1) is 0 Å². The van der Waals surface area contributed by atoms with Gasteiger partial charge in [-0.05, 0) is 25.3 Å². The zero-order chi connectivity index (χ0) is 7.56. The fourth-order valence-electron chi connectivity index (χ4n) is 1.50. The molecule has 0 amide bonds. The Morgan fingerprint density at radius 1 is 1.30 bits per heavy atom. The van der Waals surface area contributed by atoms with Crippen molar-refractivity contribution in [2.45, 2.75) is 31.5 Å². The molecule has 0 saturated heterocycles. The summed E-state index contributed by atoms with van der Waals surface area (Å²) in [6.45, 7) is 0.484. The Balaban J connectivity index is 2.42. The van der Waals surface area contributed by atoms with E-state index in [-0.39, 0.29) is 5.92 Å². The van der Waals surface area contributed by atoms with Crippen molar-refractivity contribution in [1.82, 2.24) is 0 Å². The van der Waals surface area contributed by atoms with Crippen molar-refractivity contribution in [2.75, 3.05) is 6.54 Å². The second kappa shape index (κ2) is 3.32. The molecule has 1 aliphatic carbocycles. The van der Waals surface area contributed by atoms with Crippen molar-refractivity contribution in [3.05, 3.63) is 0 Å². The van der Waals surface area contributed by atoms with Crippen molar-refractivity contribution in [3.63, 3.8) is 0 Å². The van der Waals surface area contributed by atoms with E-state index in [1.165, 1.54) is 0 Å². The molecule has 0 aliphatic heterocycles. The summed E-state index contributed by atoms with van der Waals surface area (Å²) in [4.78, 5) is 0. The van der Waals surface area contributed by atoms with Crippen LogP contribution in [-0.2, 0) is 0 Å². The molecule has 0 heterocycles. The smallest absolute Gasteiger partial charge is 0.0839 e. The lowest BCUT2D eigenvalue weighted by atomic mass is 9.85. The minimum atomic E-state index is -0.584. The van der Waals surface area contributed by atoms with Crippen LogP contribution in [0.5, 0.6) is 0 Å². The fraction of sp³-hybridized carbons (Fsp3) is 1.00. The average molecular weight is 145 g/mol. The third-order valence-electron chi connectivity index (χ3n) is 2.25. The molecule has 1 saturated carbocycles. The molecule has 1 fully saturated rings. The second-order valence-electron chi connectivity index (χ2n) is 2.98. The lowest BCUT2D eigenvalue weighted by Crippen LogP contribution is -2.40. The summed E-state index contributed by atoms with van der Waals surface area (Å²) in [7, 11) is 0. The van der Waals surface area contributed by atoms with E-state index in [4.69, 9.17) is 5.73 Å². The van der Waals surface area contributed by atoms with Crippen LogP contribution < -0.4 is 5.73 Å². The predicted octanol–water partition coefficient (Wildman–Crippen LogP) is -0.533. The molecular weight excluding hydrogens is 130 g/mol. The third-order valence-corrected chi connectivity index (χ3v) is 2.25. The Hall–Kier alpha value is -0.120. The van der Waals surface area contributed by atoms with Crippen LogP contribution in [0.2, 0.25) is 0 Å². The van der Waals surface area contributed by atoms with Crippen molar-refractivity contribution >= 4 is 0 Å². The van der Waals surface area contributed by atoms with E-state index in [0.717, 1.165) is 19.3 Å². The molecule has 60 valence electrons. The van der Waals surface area contributed by atoms with Gasteiger partial charge < -0.3 is 15.9 Å². The van der Waals surface area contributed by atoms with Gasteiger partial charge in [0.15, 0.2) is 0 Å². The second-order valence-corrected chi connectivity index (χ2v) is 2.98. The Labute approximate surface area is 60.9 Å². The molecule has 3 nitrogen and oxygen atoms in total. The third kappa shape index (κ3) is 1.48. The largest absolute Gasteiger partial charge is 0.390 e. The van der Waals surface area contributed by atoms with E-state index in [2.05, 4.69) is 0 Å². The highest BCUT2D eigenvalue weighted by molar-refractivity contribution is 4.81. The van der Waals surface area contributed by atoms with Gasteiger partial charge >= 0.3 is 0 Å². The molecule has 0 aromatic carbocycles. The number of nitrogens with two attached hydrogens (primary N) is 1. The maximum absolute atomic E-state index is 9.31. The minimum absolute atomic E-state index is 0.115. The first-order valence-electron chi connectivity index (χ1n) is 3.82. The summed E-state index contributed by atoms with van der Waals surface area (Å²) in [5.74, 6) is 0.115. The molecule has 0 radical (unpaired) electrons. The van der Waals surface area contributed by atoms with Crippen LogP contribution in [0.25, 0.3) is 0 Å². The first-order valence-corrected chi connectivity index (χ1v) is 3.82. The highest BCUT2D eigenvalue weighted by atomic mass is 16.3. The molecule has 0 unspecified atom stereocenters. The molecular formula is C7H15NO2. The first-order chi connectivity index (χ1) is 4.75. The Bertz CT molecular complexity index is 108. The summed E-state index contributed by atoms with van der Waals surface area (Å²) in [5, 5.41) is 18.5. The van der Waals surface area contributed by atoms with Gasteiger partial charge in [0.1, 0.15) is 0 Å². The van der Waals surface area contributed by atoms with Crippen LogP contribution >= 0.6 is 0 Å². The number of rotatable bonds is 1. The summed E-state index contributed by atoms with van der Waals surface area (Å²) in [6, 6.07) is 0. The van der Waals surface area contributed by atoms with E-state index in [1.807, 2.05) is 0 Å². The van der Waals surface area contributed by atoms with Gasteiger partial charge in [-0.3, -0.25) is 0 Å². The van der Waals surface area contributed by atoms with Crippen molar-refractivity contribution < 1.29 is 10.2 Å². The van der Waals surface area contributed by atoms with Crippen molar-refractivity contribution in [3.8, 4) is 0 Å². The van der Waals surface area contributed by atoms with Crippen molar-refractivity contribution in [1.29, 1.82) is 0 Å². The molecule has 1 aliphatic rings. The van der Waals surface area contributed by atoms with Gasteiger partial charge in [-0.1, -0.05) is 6.42 Å². The zero-order valence-corrected chi connectivity index (χ0v) is 6.03. The quantitative estimate of drug-likeness (QED) is 0.464. The van der Waals surface area contributed by atoms with Gasteiger partial charge in [0.2, 0.25) is 0 Å². The Morgan fingerprint density at radius 2 is 2.00 bits per heavy atom. The first kappa shape index (κ1) is 7.98. The fourth-order valence-corrected chi connectivity index (χ4v) is 1.50. The normalized spacial score (nSPS) is 41.7. The molecule has 0 spiro atoms. The van der Waals surface area contributed by atoms with Crippen molar-refractivity contribution in [2.24, 2.45) is 11.7 Å². The monoisotopic (exact) mass is 145 g/mol. The molecule has 0 bridgehead atoms. The highest BCUT2D eigenvalue weighted by Crippen LogP contribution is 2.23. The molecule has 4 N–H and O–H groups in total. The van der Waals surface area contributed by atoms with Gasteiger partial charge in [0.25, 0.3) is 0 Å². The van der Waals surface area contributed by atoms with Gasteiger partial charge in [-0.25, -0.2) is 0 Å². The zero-order valence-electron chi connectivity index (χ0n) is 6.03. The van der Waals surface area contributed by atoms with Crippen LogP contribution in [0.15, 0.2) is 0 Å². The van der Waals surface area contributed by atoms with Crippen LogP contribution in [0.3, 0.4) is 0 Å². The number of aliphatic hydroxyl groups is 2. The standard InChI is InChI=1S/C7H15NO2/c8-4-5-2-1-3-6(9)7(5)10/h5-7,9-10H,1-4,8H2/t5-,6-,7-/m0/s1. The van der Waals surface area contributed by atoms with Crippen LogP contribution in [0.1, 0.15) is 19.3 Å². The minimum Gasteiger partial charge on any atom is -0.390 e. The molecule has 10 heavy (non-hydrogen) atoms. The van der Waals surface area contributed by atoms with E-state index in [0.29, 0.717) is 6.54 Å². The maximum atomic E-state index is 9.31. The SMILES string of the molecule is NC[C@@H]1CCC[C@H](O)[C@H]1O. The topological polar surface area (TPSA) is 66.5 Å². The van der Waals surface area contributed by atoms with Crippen LogP contribution in [0, 0.1) is 5.92 Å². The lowest BCUT2D eigenvalue weighted by molar-refractivity contribution is -0.0417. The van der Waals surface area contributed by atoms with E-state index in [9.17, 15) is 10.2 Å². The van der Waals surface area contributed by atoms with Gasteiger partial charge in [0, 0.05) is 0 Å². The Morgan fingerprint density at radius 3 is 2.50 bits per heavy atom. The highest BCUT2D eigenvalue weighted by Gasteiger charge is 2.28. The summed E-state index contributed by atoms with van der Waals surface area (Å²) >= 11 is 0. The summed E-state index contributed by atoms with van der Waals surface area (Å²) < 4.78 is 0. The predicted molar refractivity (Wildman–Crippen MR) is 38.4 cm³/mol. The molecule has 0 aromatic rings. The summed E-state index contributed by atoms with van der Waals surface area (Å²) in [5.41, 5.74) is 5.38. The molecule has 3 atom stereocenters. The lowest BCUT2D eigenvalue weighted by Gasteiger charge is -2.30. The van der Waals surface area contributed by atoms with E-state index in [1.54, 1.807) is 0 Å². The number of hydrogen-bond acceptors (Lipinski definition) is 3. The summed E-state index contributed by atoms with van der Waals surface area (Å²) in [6.07, 6.45) is 1.54. The van der Waals surface area contributed by atoms with E-state index >= 15 is 0 Å². The molecule has 3 heteroatoms. The number of aliphatic hydroxyl groups excluding tert-OH is 2. The Kier molecular flexibility index (Phi) is 2.65. The molecule has 1 rings (SSSR count). The molecule has 0 aromatic heterocycles. The average Bonchev–Trinajstić information content (AvgIpc) is 1.95. The number of hydrogen-bond donors (Lipinski definition) is 3. The van der Waals surface area contributed by atoms with Crippen LogP contribution in [0.4, 0.5) is 0 Å². The van der Waals surface area contributed by atoms with Crippen LogP contribution in [-0.4, -0.2) is 29.0 Å².